The first-order valence-corrected chi connectivity index (χ1v) is 9.00. The van der Waals surface area contributed by atoms with E-state index in [-0.39, 0.29) is 34.1 Å². The van der Waals surface area contributed by atoms with Gasteiger partial charge in [0.15, 0.2) is 0 Å². The quantitative estimate of drug-likeness (QED) is 0.449. The molecule has 0 atom stereocenters. The Morgan fingerprint density at radius 3 is 2.09 bits per heavy atom. The fraction of sp³-hybridized carbons (Fsp3) is 0.0909. The Balaban J connectivity index is 1.89. The first-order chi connectivity index (χ1) is 15.2. The number of carbonyl (C=O) groups excluding carboxylic acids is 1. The topological polar surface area (TPSA) is 84.9 Å². The SMILES string of the molecule is O=C(O)c1ccc(NC(=O)c2ccc(C(F)(F)F)cc2Oc2ccc(OCF)cc2)cc1. The van der Waals surface area contributed by atoms with Crippen LogP contribution in [0.1, 0.15) is 26.3 Å². The summed E-state index contributed by atoms with van der Waals surface area (Å²) in [6, 6.07) is 13.0. The Kier molecular flexibility index (Phi) is 6.62. The highest BCUT2D eigenvalue weighted by atomic mass is 19.4. The van der Waals surface area contributed by atoms with Crippen LogP contribution in [0.3, 0.4) is 0 Å². The molecule has 1 amide bonds. The van der Waals surface area contributed by atoms with Crippen LogP contribution < -0.4 is 14.8 Å². The van der Waals surface area contributed by atoms with Gasteiger partial charge in [-0.25, -0.2) is 9.18 Å². The van der Waals surface area contributed by atoms with Crippen LogP contribution in [0.2, 0.25) is 0 Å². The molecule has 0 aliphatic rings. The van der Waals surface area contributed by atoms with Gasteiger partial charge in [0.25, 0.3) is 5.91 Å². The summed E-state index contributed by atoms with van der Waals surface area (Å²) >= 11 is 0. The minimum Gasteiger partial charge on any atom is -0.478 e. The van der Waals surface area contributed by atoms with Crippen molar-refractivity contribution in [2.75, 3.05) is 12.2 Å². The van der Waals surface area contributed by atoms with Crippen molar-refractivity contribution in [3.8, 4) is 17.2 Å². The number of hydrogen-bond acceptors (Lipinski definition) is 4. The van der Waals surface area contributed by atoms with Gasteiger partial charge in [-0.1, -0.05) is 0 Å². The zero-order valence-electron chi connectivity index (χ0n) is 16.2. The minimum absolute atomic E-state index is 0.00161. The van der Waals surface area contributed by atoms with Crippen molar-refractivity contribution in [3.05, 3.63) is 83.4 Å². The maximum Gasteiger partial charge on any atom is 0.416 e. The summed E-state index contributed by atoms with van der Waals surface area (Å²) in [5, 5.41) is 11.4. The molecule has 0 aromatic heterocycles. The molecule has 0 heterocycles. The van der Waals surface area contributed by atoms with Crippen molar-refractivity contribution in [2.45, 2.75) is 6.18 Å². The van der Waals surface area contributed by atoms with Gasteiger partial charge in [-0.3, -0.25) is 4.79 Å². The summed E-state index contributed by atoms with van der Waals surface area (Å²) in [7, 11) is 0. The van der Waals surface area contributed by atoms with Crippen LogP contribution in [-0.2, 0) is 6.18 Å². The lowest BCUT2D eigenvalue weighted by Crippen LogP contribution is -2.14. The standard InChI is InChI=1S/C22H15F4NO5/c23-12-31-16-6-8-17(9-7-16)32-19-11-14(22(24,25)26)3-10-18(19)20(28)27-15-4-1-13(2-5-15)21(29)30/h1-11H,12H2,(H,27,28)(H,29,30). The molecule has 0 unspecified atom stereocenters. The molecule has 32 heavy (non-hydrogen) atoms. The Hall–Kier alpha value is -4.08. The van der Waals surface area contributed by atoms with E-state index in [4.69, 9.17) is 9.84 Å². The normalized spacial score (nSPS) is 11.0. The van der Waals surface area contributed by atoms with Crippen LogP contribution in [0.5, 0.6) is 17.2 Å². The zero-order chi connectivity index (χ0) is 23.3. The second-order valence-corrected chi connectivity index (χ2v) is 6.37. The number of alkyl halides is 4. The fourth-order valence-corrected chi connectivity index (χ4v) is 2.66. The molecule has 2 N–H and O–H groups in total. The number of carboxylic acids is 1. The minimum atomic E-state index is -4.67. The second-order valence-electron chi connectivity index (χ2n) is 6.37. The number of hydrogen-bond donors (Lipinski definition) is 2. The van der Waals surface area contributed by atoms with Crippen molar-refractivity contribution >= 4 is 17.6 Å². The Labute approximate surface area is 179 Å². The maximum atomic E-state index is 13.2. The molecule has 6 nitrogen and oxygen atoms in total. The van der Waals surface area contributed by atoms with Gasteiger partial charge in [0.05, 0.1) is 16.7 Å². The van der Waals surface area contributed by atoms with E-state index >= 15 is 0 Å². The summed E-state index contributed by atoms with van der Waals surface area (Å²) < 4.78 is 61.9. The van der Waals surface area contributed by atoms with Crippen molar-refractivity contribution in [3.63, 3.8) is 0 Å². The Bertz CT molecular complexity index is 1110. The van der Waals surface area contributed by atoms with E-state index in [0.29, 0.717) is 6.07 Å². The molecule has 0 bridgehead atoms. The Morgan fingerprint density at radius 2 is 1.53 bits per heavy atom. The molecular weight excluding hydrogens is 434 g/mol. The van der Waals surface area contributed by atoms with Crippen molar-refractivity contribution in [1.29, 1.82) is 0 Å². The van der Waals surface area contributed by atoms with E-state index < -0.39 is 30.5 Å². The molecule has 166 valence electrons. The lowest BCUT2D eigenvalue weighted by molar-refractivity contribution is -0.137. The molecule has 0 saturated carbocycles. The van der Waals surface area contributed by atoms with Gasteiger partial charge >= 0.3 is 12.1 Å². The van der Waals surface area contributed by atoms with Gasteiger partial charge in [0.2, 0.25) is 6.86 Å². The van der Waals surface area contributed by atoms with Crippen LogP contribution >= 0.6 is 0 Å². The van der Waals surface area contributed by atoms with Crippen LogP contribution in [0.4, 0.5) is 23.2 Å². The lowest BCUT2D eigenvalue weighted by Gasteiger charge is -2.15. The van der Waals surface area contributed by atoms with Gasteiger partial charge in [0, 0.05) is 5.69 Å². The number of nitrogens with one attached hydrogen (secondary N) is 1. The van der Waals surface area contributed by atoms with E-state index in [1.54, 1.807) is 0 Å². The first kappa shape index (κ1) is 22.6. The molecule has 0 spiro atoms. The van der Waals surface area contributed by atoms with Gasteiger partial charge < -0.3 is 19.9 Å². The summed E-state index contributed by atoms with van der Waals surface area (Å²) in [6.45, 7) is -1.05. The lowest BCUT2D eigenvalue weighted by atomic mass is 10.1. The first-order valence-electron chi connectivity index (χ1n) is 9.00. The predicted molar refractivity (Wildman–Crippen MR) is 106 cm³/mol. The monoisotopic (exact) mass is 449 g/mol. The second kappa shape index (κ2) is 9.38. The van der Waals surface area contributed by atoms with Gasteiger partial charge in [-0.15, -0.1) is 0 Å². The summed E-state index contributed by atoms with van der Waals surface area (Å²) in [5.41, 5.74) is -0.975. The van der Waals surface area contributed by atoms with Crippen molar-refractivity contribution < 1.29 is 41.7 Å². The van der Waals surface area contributed by atoms with Crippen LogP contribution in [0.15, 0.2) is 66.7 Å². The maximum absolute atomic E-state index is 13.2. The third-order valence-corrected chi connectivity index (χ3v) is 4.22. The molecule has 0 fully saturated rings. The molecule has 0 aliphatic carbocycles. The van der Waals surface area contributed by atoms with E-state index in [9.17, 15) is 27.2 Å². The van der Waals surface area contributed by atoms with Crippen LogP contribution in [-0.4, -0.2) is 23.8 Å². The van der Waals surface area contributed by atoms with Crippen LogP contribution in [0, 0.1) is 0 Å². The third-order valence-electron chi connectivity index (χ3n) is 4.22. The van der Waals surface area contributed by atoms with Gasteiger partial charge in [-0.2, -0.15) is 13.2 Å². The number of anilines is 1. The number of carboxylic acid groups (broad SMARTS) is 1. The molecule has 0 aliphatic heterocycles. The van der Waals surface area contributed by atoms with E-state index in [1.165, 1.54) is 48.5 Å². The highest BCUT2D eigenvalue weighted by Gasteiger charge is 2.32. The van der Waals surface area contributed by atoms with Crippen LogP contribution in [0.25, 0.3) is 0 Å². The molecule has 0 saturated heterocycles. The van der Waals surface area contributed by atoms with E-state index in [0.717, 1.165) is 12.1 Å². The number of halogens is 4. The Morgan fingerprint density at radius 1 is 0.906 bits per heavy atom. The largest absolute Gasteiger partial charge is 0.478 e. The van der Waals surface area contributed by atoms with E-state index in [1.807, 2.05) is 0 Å². The third kappa shape index (κ3) is 5.54. The van der Waals surface area contributed by atoms with Crippen molar-refractivity contribution in [1.82, 2.24) is 0 Å². The number of amides is 1. The molecular formula is C22H15F4NO5. The molecule has 0 radical (unpaired) electrons. The number of carbonyl (C=O) groups is 2. The number of aromatic carboxylic acids is 1. The van der Waals surface area contributed by atoms with E-state index in [2.05, 4.69) is 10.1 Å². The van der Waals surface area contributed by atoms with Gasteiger partial charge in [0.1, 0.15) is 17.2 Å². The molecule has 3 aromatic rings. The summed E-state index contributed by atoms with van der Waals surface area (Å²) in [4.78, 5) is 23.6. The number of benzene rings is 3. The zero-order valence-corrected chi connectivity index (χ0v) is 16.2. The average Bonchev–Trinajstić information content (AvgIpc) is 2.75. The predicted octanol–water partition coefficient (Wildman–Crippen LogP) is 5.75. The highest BCUT2D eigenvalue weighted by Crippen LogP contribution is 2.35. The fourth-order valence-electron chi connectivity index (χ4n) is 2.66. The summed E-state index contributed by atoms with van der Waals surface area (Å²) in [6.07, 6.45) is -4.67. The van der Waals surface area contributed by atoms with Gasteiger partial charge in [-0.05, 0) is 66.7 Å². The molecule has 3 rings (SSSR count). The number of rotatable bonds is 7. The van der Waals surface area contributed by atoms with Crippen molar-refractivity contribution in [2.24, 2.45) is 0 Å². The molecule has 3 aromatic carbocycles. The highest BCUT2D eigenvalue weighted by molar-refractivity contribution is 6.06. The molecule has 10 heteroatoms. The average molecular weight is 449 g/mol. The number of ether oxygens (including phenoxy) is 2. The smallest absolute Gasteiger partial charge is 0.416 e. The summed E-state index contributed by atoms with van der Waals surface area (Å²) in [5.74, 6) is -2.00.